The molecule has 4 atom stereocenters. The number of nitrogens with zero attached hydrogens (tertiary/aromatic N) is 3. The maximum atomic E-state index is 13.5. The number of aliphatic carboxylic acids is 1. The highest BCUT2D eigenvalue weighted by Gasteiger charge is 2.44. The molecule has 1 aromatic carbocycles. The van der Waals surface area contributed by atoms with Gasteiger partial charge in [-0.25, -0.2) is 9.59 Å². The number of carboxylic acids is 1. The Hall–Kier alpha value is -4.73. The summed E-state index contributed by atoms with van der Waals surface area (Å²) in [5.41, 5.74) is 0.777. The van der Waals surface area contributed by atoms with Gasteiger partial charge in [-0.2, -0.15) is 0 Å². The Labute approximate surface area is 259 Å². The first-order chi connectivity index (χ1) is 21.5. The summed E-state index contributed by atoms with van der Waals surface area (Å²) in [4.78, 5) is 91.1. The molecule has 0 spiro atoms. The van der Waals surface area contributed by atoms with Crippen molar-refractivity contribution < 1.29 is 48.5 Å². The Bertz CT molecular complexity index is 1290. The maximum Gasteiger partial charge on any atom is 0.407 e. The lowest BCUT2D eigenvalue weighted by molar-refractivity contribution is -0.148. The van der Waals surface area contributed by atoms with E-state index in [1.807, 2.05) is 6.07 Å². The van der Waals surface area contributed by atoms with E-state index < -0.39 is 85.5 Å². The summed E-state index contributed by atoms with van der Waals surface area (Å²) < 4.78 is 5.11. The van der Waals surface area contributed by atoms with E-state index in [4.69, 9.17) is 4.74 Å². The number of alkyl carbamates (subject to hydrolysis) is 1. The Balaban J connectivity index is 1.24. The third kappa shape index (κ3) is 8.68. The quantitative estimate of drug-likeness (QED) is 0.184. The fourth-order valence-corrected chi connectivity index (χ4v) is 5.79. The molecule has 0 radical (unpaired) electrons. The molecule has 3 aliphatic heterocycles. The van der Waals surface area contributed by atoms with Crippen LogP contribution >= 0.6 is 0 Å². The molecule has 5 N–H and O–H groups in total. The smallest absolute Gasteiger partial charge is 0.407 e. The number of rotatable bonds is 11. The van der Waals surface area contributed by atoms with Crippen LogP contribution in [0.5, 0.6) is 0 Å². The number of hydrogen-bond donors (Lipinski definition) is 5. The molecule has 16 heteroatoms. The number of amides is 6. The first kappa shape index (κ1) is 33.2. The summed E-state index contributed by atoms with van der Waals surface area (Å²) in [6, 6.07) is 6.08. The lowest BCUT2D eigenvalue weighted by Gasteiger charge is -2.30. The monoisotopic (exact) mass is 630 g/mol. The minimum atomic E-state index is -1.11. The van der Waals surface area contributed by atoms with Gasteiger partial charge in [-0.3, -0.25) is 24.0 Å². The maximum absolute atomic E-state index is 13.5. The third-order valence-electron chi connectivity index (χ3n) is 8.04. The van der Waals surface area contributed by atoms with Crippen LogP contribution in [0.15, 0.2) is 30.3 Å². The van der Waals surface area contributed by atoms with Crippen LogP contribution in [0.3, 0.4) is 0 Å². The number of nitrogens with one attached hydrogen (secondary N) is 3. The van der Waals surface area contributed by atoms with Gasteiger partial charge in [-0.05, 0) is 31.2 Å². The van der Waals surface area contributed by atoms with Crippen molar-refractivity contribution in [2.24, 2.45) is 0 Å². The number of β-amino-alcohol motifs (C(OH)–C–C–N with tert-alkyl or cyclic N) is 1. The molecule has 3 saturated heterocycles. The van der Waals surface area contributed by atoms with Gasteiger partial charge >= 0.3 is 12.1 Å². The molecule has 16 nitrogen and oxygen atoms in total. The van der Waals surface area contributed by atoms with Gasteiger partial charge in [0.1, 0.15) is 31.3 Å². The van der Waals surface area contributed by atoms with Crippen LogP contribution in [0.2, 0.25) is 0 Å². The molecular weight excluding hydrogens is 592 g/mol. The predicted octanol–water partition coefficient (Wildman–Crippen LogP) is -1.83. The van der Waals surface area contributed by atoms with Crippen molar-refractivity contribution in [1.82, 2.24) is 30.7 Å². The van der Waals surface area contributed by atoms with Gasteiger partial charge in [0.05, 0.1) is 19.2 Å². The van der Waals surface area contributed by atoms with Gasteiger partial charge in [0.25, 0.3) is 0 Å². The number of likely N-dealkylation sites (tertiary alicyclic amines) is 3. The molecule has 3 heterocycles. The number of aliphatic hydroxyl groups is 1. The van der Waals surface area contributed by atoms with E-state index >= 15 is 0 Å². The average molecular weight is 631 g/mol. The molecule has 6 amide bonds. The molecule has 244 valence electrons. The van der Waals surface area contributed by atoms with E-state index in [0.29, 0.717) is 25.7 Å². The number of carbonyl (C=O) groups is 7. The molecular formula is C29H38N6O10. The Kier molecular flexibility index (Phi) is 11.3. The standard InChI is InChI=1S/C29H38N6O10/c36-19-12-22(26(40)31-13-23(37)30-14-24(38)34-11-5-9-21(34)28(42)43)35(16-19)27(41)20-8-4-10-33(20)25(39)15-32-29(44)45-17-18-6-2-1-3-7-18/h1-3,6-7,19-22,36H,4-5,8-17H2,(H,30,37)(H,31,40)(H,32,44)(H,42,43)/t19-,20+,21+,22+/m1/s1. The second-order valence-electron chi connectivity index (χ2n) is 11.1. The van der Waals surface area contributed by atoms with Crippen LogP contribution < -0.4 is 16.0 Å². The molecule has 0 bridgehead atoms. The van der Waals surface area contributed by atoms with Crippen LogP contribution in [0.1, 0.15) is 37.7 Å². The molecule has 4 rings (SSSR count). The van der Waals surface area contributed by atoms with Crippen molar-refractivity contribution in [3.63, 3.8) is 0 Å². The largest absolute Gasteiger partial charge is 0.480 e. The van der Waals surface area contributed by atoms with Gasteiger partial charge < -0.3 is 45.6 Å². The fourth-order valence-electron chi connectivity index (χ4n) is 5.79. The van der Waals surface area contributed by atoms with E-state index in [2.05, 4.69) is 16.0 Å². The topological polar surface area (TPSA) is 215 Å². The van der Waals surface area contributed by atoms with Gasteiger partial charge in [0.2, 0.25) is 29.5 Å². The van der Waals surface area contributed by atoms with E-state index in [1.54, 1.807) is 24.3 Å². The van der Waals surface area contributed by atoms with Crippen molar-refractivity contribution >= 4 is 41.6 Å². The highest BCUT2D eigenvalue weighted by atomic mass is 16.5. The van der Waals surface area contributed by atoms with Gasteiger partial charge in [-0.1, -0.05) is 30.3 Å². The summed E-state index contributed by atoms with van der Waals surface area (Å²) in [5, 5.41) is 26.7. The first-order valence-electron chi connectivity index (χ1n) is 14.8. The van der Waals surface area contributed by atoms with Crippen molar-refractivity contribution in [1.29, 1.82) is 0 Å². The SMILES string of the molecule is O=C(CNC(=O)[C@@H]1C[C@@H](O)CN1C(=O)[C@@H]1CCCN1C(=O)CNC(=O)OCc1ccccc1)NCC(=O)N1CCC[C@H]1C(=O)O. The Morgan fingerprint density at radius 2 is 1.40 bits per heavy atom. The van der Waals surface area contributed by atoms with Crippen LogP contribution in [0.4, 0.5) is 4.79 Å². The Morgan fingerprint density at radius 3 is 2.07 bits per heavy atom. The molecule has 3 aliphatic rings. The first-order valence-corrected chi connectivity index (χ1v) is 14.8. The molecule has 0 aromatic heterocycles. The van der Waals surface area contributed by atoms with Gasteiger partial charge in [0.15, 0.2) is 0 Å². The number of aliphatic hydroxyl groups excluding tert-OH is 1. The highest BCUT2D eigenvalue weighted by Crippen LogP contribution is 2.25. The molecule has 3 fully saturated rings. The van der Waals surface area contributed by atoms with Crippen LogP contribution in [0.25, 0.3) is 0 Å². The van der Waals surface area contributed by atoms with Crippen molar-refractivity contribution in [2.75, 3.05) is 39.3 Å². The lowest BCUT2D eigenvalue weighted by Crippen LogP contribution is -2.54. The summed E-state index contributed by atoms with van der Waals surface area (Å²) >= 11 is 0. The third-order valence-corrected chi connectivity index (χ3v) is 8.04. The van der Waals surface area contributed by atoms with Crippen molar-refractivity contribution in [3.05, 3.63) is 35.9 Å². The molecule has 45 heavy (non-hydrogen) atoms. The van der Waals surface area contributed by atoms with Crippen molar-refractivity contribution in [2.45, 2.75) is 62.9 Å². The molecule has 0 saturated carbocycles. The van der Waals surface area contributed by atoms with E-state index in [9.17, 15) is 43.8 Å². The summed E-state index contributed by atoms with van der Waals surface area (Å²) in [6.07, 6.45) is -0.118. The number of carboxylic acid groups (broad SMARTS) is 1. The summed E-state index contributed by atoms with van der Waals surface area (Å²) in [5.74, 6) is -4.08. The lowest BCUT2D eigenvalue weighted by atomic mass is 10.1. The average Bonchev–Trinajstić information content (AvgIpc) is 3.80. The molecule has 0 unspecified atom stereocenters. The zero-order valence-corrected chi connectivity index (χ0v) is 24.7. The zero-order valence-electron chi connectivity index (χ0n) is 24.7. The normalized spacial score (nSPS) is 22.6. The predicted molar refractivity (Wildman–Crippen MR) is 154 cm³/mol. The number of hydrogen-bond acceptors (Lipinski definition) is 9. The van der Waals surface area contributed by atoms with Crippen LogP contribution in [-0.2, 0) is 40.1 Å². The van der Waals surface area contributed by atoms with Gasteiger partial charge in [0, 0.05) is 26.1 Å². The zero-order chi connectivity index (χ0) is 32.5. The summed E-state index contributed by atoms with van der Waals surface area (Å²) in [6.45, 7) is -0.903. The number of ether oxygens (including phenoxy) is 1. The van der Waals surface area contributed by atoms with E-state index in [1.165, 1.54) is 14.7 Å². The number of benzene rings is 1. The Morgan fingerprint density at radius 1 is 0.778 bits per heavy atom. The highest BCUT2D eigenvalue weighted by molar-refractivity contribution is 5.95. The van der Waals surface area contributed by atoms with Crippen LogP contribution in [-0.4, -0.2) is 130 Å². The molecule has 1 aromatic rings. The minimum Gasteiger partial charge on any atom is -0.480 e. The summed E-state index contributed by atoms with van der Waals surface area (Å²) in [7, 11) is 0. The van der Waals surface area contributed by atoms with E-state index in [0.717, 1.165) is 5.56 Å². The second-order valence-corrected chi connectivity index (χ2v) is 11.1. The van der Waals surface area contributed by atoms with E-state index in [-0.39, 0.29) is 32.7 Å². The fraction of sp³-hybridized carbons (Fsp3) is 0.552. The number of carbonyl (C=O) groups excluding carboxylic acids is 6. The van der Waals surface area contributed by atoms with Gasteiger partial charge in [-0.15, -0.1) is 0 Å². The van der Waals surface area contributed by atoms with Crippen molar-refractivity contribution in [3.8, 4) is 0 Å². The minimum absolute atomic E-state index is 0.0258. The van der Waals surface area contributed by atoms with Crippen LogP contribution in [0, 0.1) is 0 Å². The molecule has 0 aliphatic carbocycles. The second kappa shape index (κ2) is 15.3.